The molecule has 0 aliphatic rings. The van der Waals surface area contributed by atoms with Crippen molar-refractivity contribution in [1.29, 1.82) is 0 Å². The van der Waals surface area contributed by atoms with Crippen LogP contribution < -0.4 is 5.32 Å². The van der Waals surface area contributed by atoms with Gasteiger partial charge in [-0.3, -0.25) is 4.99 Å². The van der Waals surface area contributed by atoms with E-state index in [1.54, 1.807) is 11.3 Å². The predicted molar refractivity (Wildman–Crippen MR) is 140 cm³/mol. The number of aromatic nitrogens is 1. The number of aliphatic hydroxyl groups is 1. The number of rotatable bonds is 12. The molecule has 2 N–H and O–H groups in total. The van der Waals surface area contributed by atoms with E-state index in [2.05, 4.69) is 63.6 Å². The second kappa shape index (κ2) is 13.5. The van der Waals surface area contributed by atoms with Gasteiger partial charge in [-0.15, -0.1) is 0 Å². The summed E-state index contributed by atoms with van der Waals surface area (Å²) >= 11 is 3.71. The van der Waals surface area contributed by atoms with Gasteiger partial charge in [0.2, 0.25) is 0 Å². The molecule has 1 aromatic carbocycles. The van der Waals surface area contributed by atoms with Gasteiger partial charge in [-0.25, -0.2) is 4.98 Å². The van der Waals surface area contributed by atoms with Crippen LogP contribution in [0.2, 0.25) is 0 Å². The first-order valence-electron chi connectivity index (χ1n) is 10.0. The van der Waals surface area contributed by atoms with Gasteiger partial charge in [0.25, 0.3) is 0 Å². The number of anilines is 1. The lowest BCUT2D eigenvalue weighted by Crippen LogP contribution is -2.15. The molecule has 0 bridgehead atoms. The van der Waals surface area contributed by atoms with E-state index in [1.807, 2.05) is 32.3 Å². The normalized spacial score (nSPS) is 14.3. The third-order valence-electron chi connectivity index (χ3n) is 4.89. The summed E-state index contributed by atoms with van der Waals surface area (Å²) in [5.41, 5.74) is 4.42. The lowest BCUT2D eigenvalue weighted by Gasteiger charge is -2.17. The van der Waals surface area contributed by atoms with E-state index in [9.17, 15) is 5.11 Å². The molecule has 164 valence electrons. The summed E-state index contributed by atoms with van der Waals surface area (Å²) < 4.78 is 5.41. The zero-order valence-corrected chi connectivity index (χ0v) is 21.7. The number of hydrogen-bond acceptors (Lipinski definition) is 7. The van der Waals surface area contributed by atoms with Crippen LogP contribution in [0.5, 0.6) is 0 Å². The quantitative estimate of drug-likeness (QED) is 0.173. The smallest absolute Gasteiger partial charge is 0.182 e. The number of aliphatic hydroxyl groups excluding tert-OH is 1. The summed E-state index contributed by atoms with van der Waals surface area (Å²) in [6, 6.07) is 6.46. The van der Waals surface area contributed by atoms with Crippen LogP contribution >= 0.6 is 41.8 Å². The van der Waals surface area contributed by atoms with Gasteiger partial charge in [0.15, 0.2) is 5.13 Å². The Bertz CT molecular complexity index is 855. The molecule has 1 aromatic heterocycles. The average Bonchev–Trinajstić information content (AvgIpc) is 3.23. The summed E-state index contributed by atoms with van der Waals surface area (Å²) in [6.07, 6.45) is 7.77. The lowest BCUT2D eigenvalue weighted by atomic mass is 9.92. The maximum Gasteiger partial charge on any atom is 0.182 e. The standard InChI is InChI=1S/C22H30IN3O2S2/c1-5-15(2)20-11-17(10-18(13-27)14-28-30-23)7-9-21(20)26-16(3)6-8-19-12-25-22(24-4)29-19/h6-9,11-12,15,18,27H,5,10,13-14H2,1-4H3,(H,24,25)/b8-6+,26-16?. The average molecular weight is 560 g/mol. The molecular weight excluding hydrogens is 529 g/mol. The Morgan fingerprint density at radius 3 is 2.90 bits per heavy atom. The zero-order valence-electron chi connectivity index (χ0n) is 17.9. The Labute approximate surface area is 200 Å². The fourth-order valence-electron chi connectivity index (χ4n) is 2.99. The molecule has 0 saturated heterocycles. The van der Waals surface area contributed by atoms with Gasteiger partial charge in [-0.1, -0.05) is 37.3 Å². The Hall–Kier alpha value is -0.940. The van der Waals surface area contributed by atoms with Gasteiger partial charge in [-0.2, -0.15) is 0 Å². The molecule has 0 radical (unpaired) electrons. The van der Waals surface area contributed by atoms with Crippen molar-refractivity contribution in [3.63, 3.8) is 0 Å². The van der Waals surface area contributed by atoms with Crippen molar-refractivity contribution in [3.05, 3.63) is 46.5 Å². The maximum atomic E-state index is 9.65. The van der Waals surface area contributed by atoms with Crippen LogP contribution in [-0.4, -0.2) is 36.1 Å². The van der Waals surface area contributed by atoms with Gasteiger partial charge < -0.3 is 14.6 Å². The Kier molecular flexibility index (Phi) is 11.4. The Morgan fingerprint density at radius 2 is 2.27 bits per heavy atom. The van der Waals surface area contributed by atoms with E-state index in [-0.39, 0.29) is 12.5 Å². The summed E-state index contributed by atoms with van der Waals surface area (Å²) in [5, 5.41) is 13.6. The zero-order chi connectivity index (χ0) is 21.9. The number of aliphatic imine (C=N–C) groups is 1. The molecule has 0 spiro atoms. The van der Waals surface area contributed by atoms with E-state index >= 15 is 0 Å². The molecule has 0 aliphatic heterocycles. The molecule has 0 fully saturated rings. The van der Waals surface area contributed by atoms with Crippen LogP contribution in [0.4, 0.5) is 10.8 Å². The fraction of sp³-hybridized carbons (Fsp3) is 0.455. The van der Waals surface area contributed by atoms with Crippen LogP contribution in [0.15, 0.2) is 35.5 Å². The van der Waals surface area contributed by atoms with Crippen LogP contribution in [0.25, 0.3) is 6.08 Å². The third-order valence-corrected chi connectivity index (χ3v) is 6.86. The number of nitrogens with one attached hydrogen (secondary N) is 1. The summed E-state index contributed by atoms with van der Waals surface area (Å²) in [7, 11) is 3.18. The van der Waals surface area contributed by atoms with Gasteiger partial charge in [0.05, 0.1) is 21.5 Å². The van der Waals surface area contributed by atoms with Gasteiger partial charge in [-0.05, 0) is 55.0 Å². The van der Waals surface area contributed by atoms with E-state index < -0.39 is 0 Å². The number of thiazole rings is 1. The van der Waals surface area contributed by atoms with Crippen molar-refractivity contribution in [2.45, 2.75) is 39.5 Å². The van der Waals surface area contributed by atoms with Crippen molar-refractivity contribution in [2.24, 2.45) is 10.9 Å². The van der Waals surface area contributed by atoms with Crippen molar-refractivity contribution >= 4 is 64.4 Å². The molecule has 0 amide bonds. The van der Waals surface area contributed by atoms with E-state index in [0.717, 1.165) is 34.2 Å². The SMILES string of the molecule is CCC(C)c1cc(CC(CO)COSI)ccc1N=C(C)/C=C/c1cnc(NC)s1. The van der Waals surface area contributed by atoms with Crippen molar-refractivity contribution in [2.75, 3.05) is 25.6 Å². The minimum absolute atomic E-state index is 0.0953. The van der Waals surface area contributed by atoms with E-state index in [1.165, 1.54) is 20.3 Å². The largest absolute Gasteiger partial charge is 0.396 e. The molecule has 30 heavy (non-hydrogen) atoms. The highest BCUT2D eigenvalue weighted by molar-refractivity contribution is 14.2. The molecule has 8 heteroatoms. The van der Waals surface area contributed by atoms with Gasteiger partial charge in [0, 0.05) is 57.6 Å². The molecule has 0 aliphatic carbocycles. The monoisotopic (exact) mass is 559 g/mol. The van der Waals surface area contributed by atoms with Crippen LogP contribution in [0.3, 0.4) is 0 Å². The number of nitrogens with zero attached hydrogens (tertiary/aromatic N) is 2. The molecule has 2 aromatic rings. The molecule has 2 unspecified atom stereocenters. The molecule has 5 nitrogen and oxygen atoms in total. The Balaban J connectivity index is 2.22. The summed E-state index contributed by atoms with van der Waals surface area (Å²) in [5.74, 6) is 0.506. The lowest BCUT2D eigenvalue weighted by molar-refractivity contribution is 0.177. The number of benzene rings is 1. The van der Waals surface area contributed by atoms with Gasteiger partial charge >= 0.3 is 0 Å². The molecule has 2 atom stereocenters. The summed E-state index contributed by atoms with van der Waals surface area (Å²) in [4.78, 5) is 10.3. The number of halogens is 1. The first-order valence-corrected chi connectivity index (χ1v) is 14.1. The highest BCUT2D eigenvalue weighted by atomic mass is 127. The van der Waals surface area contributed by atoms with Crippen molar-refractivity contribution in [1.82, 2.24) is 4.98 Å². The van der Waals surface area contributed by atoms with Crippen molar-refractivity contribution < 1.29 is 9.29 Å². The maximum absolute atomic E-state index is 9.65. The molecule has 2 rings (SSSR count). The topological polar surface area (TPSA) is 66.7 Å². The number of allylic oxidation sites excluding steroid dienone is 1. The third kappa shape index (κ3) is 7.96. The predicted octanol–water partition coefficient (Wildman–Crippen LogP) is 6.67. The fourth-order valence-corrected chi connectivity index (χ4v) is 4.34. The molecule has 1 heterocycles. The van der Waals surface area contributed by atoms with Crippen LogP contribution in [0.1, 0.15) is 49.1 Å². The first kappa shape index (κ1) is 25.3. The molecular formula is C22H30IN3O2S2. The minimum Gasteiger partial charge on any atom is -0.396 e. The van der Waals surface area contributed by atoms with Gasteiger partial charge in [0.1, 0.15) is 0 Å². The summed E-state index contributed by atoms with van der Waals surface area (Å²) in [6.45, 7) is 7.11. The van der Waals surface area contributed by atoms with Crippen LogP contribution in [-0.2, 0) is 10.6 Å². The first-order chi connectivity index (χ1) is 14.5. The van der Waals surface area contributed by atoms with E-state index in [0.29, 0.717) is 12.5 Å². The highest BCUT2D eigenvalue weighted by Crippen LogP contribution is 2.31. The number of hydrogen-bond donors (Lipinski definition) is 2. The second-order valence-corrected chi connectivity index (χ2v) is 9.71. The minimum atomic E-state index is 0.0953. The Morgan fingerprint density at radius 1 is 1.47 bits per heavy atom. The van der Waals surface area contributed by atoms with Crippen molar-refractivity contribution in [3.8, 4) is 0 Å². The highest BCUT2D eigenvalue weighted by Gasteiger charge is 2.14. The van der Waals surface area contributed by atoms with Crippen LogP contribution in [0, 0.1) is 5.92 Å². The van der Waals surface area contributed by atoms with E-state index in [4.69, 9.17) is 9.18 Å². The second-order valence-electron chi connectivity index (χ2n) is 7.21. The molecule has 0 saturated carbocycles.